The first-order valence-corrected chi connectivity index (χ1v) is 12.3. The van der Waals surface area contributed by atoms with Gasteiger partial charge in [-0.3, -0.25) is 9.63 Å². The number of anilines is 4. The number of rotatable bonds is 8. The van der Waals surface area contributed by atoms with Crippen molar-refractivity contribution in [3.8, 4) is 0 Å². The highest BCUT2D eigenvalue weighted by molar-refractivity contribution is 5.94. The van der Waals surface area contributed by atoms with Crippen LogP contribution in [0.2, 0.25) is 0 Å². The van der Waals surface area contributed by atoms with Crippen molar-refractivity contribution in [1.82, 2.24) is 25.3 Å². The third kappa shape index (κ3) is 7.76. The summed E-state index contributed by atoms with van der Waals surface area (Å²) in [6.07, 6.45) is 1.05. The summed E-state index contributed by atoms with van der Waals surface area (Å²) >= 11 is 0. The van der Waals surface area contributed by atoms with E-state index in [2.05, 4.69) is 53.3 Å². The van der Waals surface area contributed by atoms with Crippen LogP contribution in [-0.2, 0) is 4.84 Å². The number of carbonyl (C=O) groups is 1. The van der Waals surface area contributed by atoms with Gasteiger partial charge in [-0.2, -0.15) is 15.0 Å². The molecule has 1 aromatic heterocycles. The second-order valence-corrected chi connectivity index (χ2v) is 10.3. The summed E-state index contributed by atoms with van der Waals surface area (Å²) in [5.74, 6) is 1.43. The lowest BCUT2D eigenvalue weighted by molar-refractivity contribution is 0.0364. The summed E-state index contributed by atoms with van der Waals surface area (Å²) < 4.78 is 0. The number of carbonyl (C=O) groups excluding carboxylic acids is 1. The van der Waals surface area contributed by atoms with E-state index in [1.807, 2.05) is 27.0 Å². The SMILES string of the molecule is CCONC(=O)c1ccc(C)c(Nc2nc(N(C)CC(C)(C)C)nc(N3CCCN(C)CC3)n2)c1. The Labute approximate surface area is 209 Å². The van der Waals surface area contributed by atoms with Crippen molar-refractivity contribution in [2.75, 3.05) is 68.5 Å². The summed E-state index contributed by atoms with van der Waals surface area (Å²) in [6, 6.07) is 5.44. The normalized spacial score (nSPS) is 15.0. The molecule has 0 unspecified atom stereocenters. The number of hydrogen-bond acceptors (Lipinski definition) is 9. The zero-order valence-corrected chi connectivity index (χ0v) is 22.2. The highest BCUT2D eigenvalue weighted by atomic mass is 16.6. The molecule has 1 amide bonds. The molecule has 0 radical (unpaired) electrons. The Kier molecular flexibility index (Phi) is 8.85. The molecule has 3 rings (SSSR count). The van der Waals surface area contributed by atoms with Crippen molar-refractivity contribution in [3.63, 3.8) is 0 Å². The van der Waals surface area contributed by atoms with Crippen LogP contribution in [0.25, 0.3) is 0 Å². The first-order chi connectivity index (χ1) is 16.6. The topological polar surface area (TPSA) is 98.7 Å². The molecule has 1 aliphatic rings. The van der Waals surface area contributed by atoms with E-state index in [1.165, 1.54) is 0 Å². The first-order valence-electron chi connectivity index (χ1n) is 12.3. The molecule has 0 atom stereocenters. The maximum atomic E-state index is 12.4. The van der Waals surface area contributed by atoms with Gasteiger partial charge in [0.05, 0.1) is 6.61 Å². The van der Waals surface area contributed by atoms with Gasteiger partial charge in [0.2, 0.25) is 17.8 Å². The summed E-state index contributed by atoms with van der Waals surface area (Å²) in [5, 5.41) is 3.34. The molecule has 1 aromatic carbocycles. The molecule has 35 heavy (non-hydrogen) atoms. The number of benzene rings is 1. The number of aromatic nitrogens is 3. The van der Waals surface area contributed by atoms with Crippen LogP contribution in [0.1, 0.15) is 50.0 Å². The largest absolute Gasteiger partial charge is 0.343 e. The van der Waals surface area contributed by atoms with E-state index >= 15 is 0 Å². The van der Waals surface area contributed by atoms with Gasteiger partial charge in [-0.25, -0.2) is 5.48 Å². The van der Waals surface area contributed by atoms with Crippen molar-refractivity contribution < 1.29 is 9.63 Å². The van der Waals surface area contributed by atoms with E-state index in [1.54, 1.807) is 12.1 Å². The van der Waals surface area contributed by atoms with Crippen molar-refractivity contribution in [3.05, 3.63) is 29.3 Å². The summed E-state index contributed by atoms with van der Waals surface area (Å²) in [6.45, 7) is 15.3. The van der Waals surface area contributed by atoms with Gasteiger partial charge in [-0.1, -0.05) is 26.8 Å². The minimum atomic E-state index is -0.300. The highest BCUT2D eigenvalue weighted by Gasteiger charge is 2.21. The van der Waals surface area contributed by atoms with E-state index in [-0.39, 0.29) is 11.3 Å². The number of nitrogens with zero attached hydrogens (tertiary/aromatic N) is 6. The van der Waals surface area contributed by atoms with Crippen LogP contribution in [-0.4, -0.2) is 79.2 Å². The lowest BCUT2D eigenvalue weighted by atomic mass is 9.96. The van der Waals surface area contributed by atoms with Crippen molar-refractivity contribution in [1.29, 1.82) is 0 Å². The zero-order valence-electron chi connectivity index (χ0n) is 22.2. The predicted octanol–water partition coefficient (Wildman–Crippen LogP) is 3.23. The Hall–Kier alpha value is -2.98. The van der Waals surface area contributed by atoms with Crippen molar-refractivity contribution in [2.45, 2.75) is 41.0 Å². The Morgan fingerprint density at radius 3 is 2.63 bits per heavy atom. The standard InChI is InChI=1S/C25H40N8O2/c1-8-35-30-21(34)19-11-10-18(2)20(16-19)26-22-27-23(32(7)17-25(3,4)5)29-24(28-22)33-13-9-12-31(6)14-15-33/h10-11,16H,8-9,12-15,17H2,1-7H3,(H,30,34)(H,26,27,28,29). The average molecular weight is 485 g/mol. The van der Waals surface area contributed by atoms with Crippen LogP contribution in [0.5, 0.6) is 0 Å². The van der Waals surface area contributed by atoms with Gasteiger partial charge in [0.1, 0.15) is 0 Å². The third-order valence-corrected chi connectivity index (χ3v) is 5.72. The van der Waals surface area contributed by atoms with Gasteiger partial charge in [0, 0.05) is 44.5 Å². The van der Waals surface area contributed by atoms with E-state index in [0.29, 0.717) is 30.0 Å². The summed E-state index contributed by atoms with van der Waals surface area (Å²) in [7, 11) is 4.15. The van der Waals surface area contributed by atoms with Gasteiger partial charge in [0.15, 0.2) is 0 Å². The molecule has 0 spiro atoms. The maximum Gasteiger partial charge on any atom is 0.274 e. The van der Waals surface area contributed by atoms with Gasteiger partial charge in [-0.05, 0) is 57.0 Å². The Balaban J connectivity index is 1.94. The minimum absolute atomic E-state index is 0.0826. The molecule has 0 aliphatic carbocycles. The highest BCUT2D eigenvalue weighted by Crippen LogP contribution is 2.25. The lowest BCUT2D eigenvalue weighted by Crippen LogP contribution is -2.33. The summed E-state index contributed by atoms with van der Waals surface area (Å²) in [4.78, 5) is 38.4. The third-order valence-electron chi connectivity index (χ3n) is 5.72. The number of nitrogens with one attached hydrogen (secondary N) is 2. The Morgan fingerprint density at radius 2 is 1.91 bits per heavy atom. The molecule has 1 saturated heterocycles. The second kappa shape index (κ2) is 11.6. The molecule has 10 nitrogen and oxygen atoms in total. The fourth-order valence-corrected chi connectivity index (χ4v) is 3.97. The average Bonchev–Trinajstić information content (AvgIpc) is 3.02. The molecule has 192 valence electrons. The van der Waals surface area contributed by atoms with Gasteiger partial charge in [-0.15, -0.1) is 0 Å². The molecule has 2 aromatic rings. The fourth-order valence-electron chi connectivity index (χ4n) is 3.97. The smallest absolute Gasteiger partial charge is 0.274 e. The van der Waals surface area contributed by atoms with Gasteiger partial charge >= 0.3 is 0 Å². The maximum absolute atomic E-state index is 12.4. The molecular formula is C25H40N8O2. The molecule has 2 N–H and O–H groups in total. The second-order valence-electron chi connectivity index (χ2n) is 10.3. The first kappa shape index (κ1) is 26.6. The zero-order chi connectivity index (χ0) is 25.6. The lowest BCUT2D eigenvalue weighted by Gasteiger charge is -2.28. The minimum Gasteiger partial charge on any atom is -0.343 e. The fraction of sp³-hybridized carbons (Fsp3) is 0.600. The molecule has 1 aliphatic heterocycles. The molecule has 2 heterocycles. The van der Waals surface area contributed by atoms with Crippen LogP contribution >= 0.6 is 0 Å². The van der Waals surface area contributed by atoms with Crippen LogP contribution < -0.4 is 20.6 Å². The number of hydrogen-bond donors (Lipinski definition) is 2. The predicted molar refractivity (Wildman–Crippen MR) is 140 cm³/mol. The van der Waals surface area contributed by atoms with Crippen LogP contribution in [0.15, 0.2) is 18.2 Å². The molecular weight excluding hydrogens is 444 g/mol. The van der Waals surface area contributed by atoms with Crippen molar-refractivity contribution in [2.24, 2.45) is 5.41 Å². The van der Waals surface area contributed by atoms with E-state index < -0.39 is 0 Å². The molecule has 1 fully saturated rings. The number of hydroxylamine groups is 1. The molecule has 10 heteroatoms. The molecule has 0 bridgehead atoms. The quantitative estimate of drug-likeness (QED) is 0.547. The van der Waals surface area contributed by atoms with Crippen LogP contribution in [0.4, 0.5) is 23.5 Å². The van der Waals surface area contributed by atoms with Crippen LogP contribution in [0, 0.1) is 12.3 Å². The van der Waals surface area contributed by atoms with E-state index in [4.69, 9.17) is 19.8 Å². The van der Waals surface area contributed by atoms with E-state index in [9.17, 15) is 4.79 Å². The number of likely N-dealkylation sites (N-methyl/N-ethyl adjacent to an activating group) is 1. The van der Waals surface area contributed by atoms with Gasteiger partial charge < -0.3 is 20.0 Å². The van der Waals surface area contributed by atoms with E-state index in [0.717, 1.165) is 50.4 Å². The molecule has 0 saturated carbocycles. The summed E-state index contributed by atoms with van der Waals surface area (Å²) in [5.41, 5.74) is 4.74. The Morgan fingerprint density at radius 1 is 1.14 bits per heavy atom. The Bertz CT molecular complexity index is 1010. The van der Waals surface area contributed by atoms with Crippen LogP contribution in [0.3, 0.4) is 0 Å². The monoisotopic (exact) mass is 484 g/mol. The van der Waals surface area contributed by atoms with Gasteiger partial charge in [0.25, 0.3) is 5.91 Å². The van der Waals surface area contributed by atoms with Crippen molar-refractivity contribution >= 4 is 29.4 Å². The number of aryl methyl sites for hydroxylation is 1. The number of amides is 1.